The molecule has 0 atom stereocenters. The number of carbonyl (C=O) groups is 1. The minimum Gasteiger partial charge on any atom is -0.346 e. The zero-order chi connectivity index (χ0) is 13.8. The molecular weight excluding hydrogens is 266 g/mol. The van der Waals surface area contributed by atoms with E-state index in [-0.39, 0.29) is 5.91 Å². The van der Waals surface area contributed by atoms with Gasteiger partial charge in [0.25, 0.3) is 5.91 Å². The van der Waals surface area contributed by atoms with Crippen LogP contribution in [-0.4, -0.2) is 25.5 Å². The number of rotatable bonds is 5. The van der Waals surface area contributed by atoms with Gasteiger partial charge in [0.2, 0.25) is 0 Å². The zero-order valence-electron chi connectivity index (χ0n) is 10.9. The number of nitrogens with one attached hydrogen (secondary N) is 1. The molecule has 6 nitrogen and oxygen atoms in total. The number of hydrogen-bond donors (Lipinski definition) is 1. The fourth-order valence-corrected chi connectivity index (χ4v) is 1.86. The molecule has 2 aromatic rings. The Morgan fingerprint density at radius 3 is 2.63 bits per heavy atom. The SMILES string of the molecule is CCn1cc(C(=O)NCc2nn(CC)cc2Cl)cn1. The van der Waals surface area contributed by atoms with Crippen molar-refractivity contribution in [2.45, 2.75) is 33.5 Å². The van der Waals surface area contributed by atoms with Gasteiger partial charge in [-0.15, -0.1) is 0 Å². The van der Waals surface area contributed by atoms with Crippen LogP contribution in [0.4, 0.5) is 0 Å². The van der Waals surface area contributed by atoms with E-state index in [1.165, 1.54) is 0 Å². The van der Waals surface area contributed by atoms with Gasteiger partial charge >= 0.3 is 0 Å². The maximum absolute atomic E-state index is 11.9. The molecule has 2 rings (SSSR count). The van der Waals surface area contributed by atoms with Gasteiger partial charge in [-0.1, -0.05) is 11.6 Å². The maximum atomic E-state index is 11.9. The van der Waals surface area contributed by atoms with E-state index in [4.69, 9.17) is 11.6 Å². The average Bonchev–Trinajstić information content (AvgIpc) is 3.02. The van der Waals surface area contributed by atoms with E-state index in [0.717, 1.165) is 13.1 Å². The quantitative estimate of drug-likeness (QED) is 0.907. The third-order valence-electron chi connectivity index (χ3n) is 2.75. The summed E-state index contributed by atoms with van der Waals surface area (Å²) in [5.74, 6) is -0.179. The lowest BCUT2D eigenvalue weighted by Gasteiger charge is -2.01. The van der Waals surface area contributed by atoms with Crippen molar-refractivity contribution < 1.29 is 4.79 Å². The highest BCUT2D eigenvalue weighted by atomic mass is 35.5. The summed E-state index contributed by atoms with van der Waals surface area (Å²) in [5, 5.41) is 11.7. The number of carbonyl (C=O) groups excluding carboxylic acids is 1. The number of aromatic nitrogens is 4. The van der Waals surface area contributed by atoms with Crippen LogP contribution in [0.3, 0.4) is 0 Å². The van der Waals surface area contributed by atoms with Crippen LogP contribution >= 0.6 is 11.6 Å². The third kappa shape index (κ3) is 3.14. The number of aryl methyl sites for hydroxylation is 2. The van der Waals surface area contributed by atoms with Crippen molar-refractivity contribution in [1.29, 1.82) is 0 Å². The van der Waals surface area contributed by atoms with E-state index in [0.29, 0.717) is 22.8 Å². The molecule has 2 heterocycles. The molecule has 0 fully saturated rings. The minimum atomic E-state index is -0.179. The highest BCUT2D eigenvalue weighted by molar-refractivity contribution is 6.31. The summed E-state index contributed by atoms with van der Waals surface area (Å²) >= 11 is 6.03. The number of amides is 1. The Balaban J connectivity index is 1.97. The first-order valence-corrected chi connectivity index (χ1v) is 6.54. The Morgan fingerprint density at radius 2 is 2.05 bits per heavy atom. The Morgan fingerprint density at radius 1 is 1.32 bits per heavy atom. The largest absolute Gasteiger partial charge is 0.346 e. The second kappa shape index (κ2) is 5.88. The number of nitrogens with zero attached hydrogens (tertiary/aromatic N) is 4. The molecule has 0 aliphatic heterocycles. The van der Waals surface area contributed by atoms with Gasteiger partial charge in [0.1, 0.15) is 5.69 Å². The molecule has 0 saturated heterocycles. The normalized spacial score (nSPS) is 10.7. The summed E-state index contributed by atoms with van der Waals surface area (Å²) in [6.45, 7) is 5.73. The first kappa shape index (κ1) is 13.6. The van der Waals surface area contributed by atoms with Gasteiger partial charge in [-0.25, -0.2) is 0 Å². The molecule has 0 spiro atoms. The Hall–Kier alpha value is -1.82. The van der Waals surface area contributed by atoms with Crippen molar-refractivity contribution in [2.24, 2.45) is 0 Å². The Bertz CT molecular complexity index is 574. The molecule has 1 N–H and O–H groups in total. The van der Waals surface area contributed by atoms with E-state index in [9.17, 15) is 4.79 Å². The van der Waals surface area contributed by atoms with Gasteiger partial charge in [-0.05, 0) is 13.8 Å². The van der Waals surface area contributed by atoms with E-state index < -0.39 is 0 Å². The molecule has 102 valence electrons. The molecule has 19 heavy (non-hydrogen) atoms. The second-order valence-corrected chi connectivity index (χ2v) is 4.45. The molecule has 0 aromatic carbocycles. The summed E-state index contributed by atoms with van der Waals surface area (Å²) in [5.41, 5.74) is 1.20. The molecule has 2 aromatic heterocycles. The average molecular weight is 282 g/mol. The van der Waals surface area contributed by atoms with Crippen LogP contribution in [0.5, 0.6) is 0 Å². The molecule has 0 aliphatic carbocycles. The maximum Gasteiger partial charge on any atom is 0.254 e. The van der Waals surface area contributed by atoms with Gasteiger partial charge in [-0.3, -0.25) is 14.2 Å². The zero-order valence-corrected chi connectivity index (χ0v) is 11.7. The third-order valence-corrected chi connectivity index (χ3v) is 3.06. The van der Waals surface area contributed by atoms with Gasteiger partial charge < -0.3 is 5.32 Å². The lowest BCUT2D eigenvalue weighted by molar-refractivity contribution is 0.0950. The topological polar surface area (TPSA) is 64.7 Å². The Kier molecular flexibility index (Phi) is 4.21. The molecular formula is C12H16ClN5O. The molecule has 1 amide bonds. The van der Waals surface area contributed by atoms with Crippen LogP contribution in [0.1, 0.15) is 29.9 Å². The van der Waals surface area contributed by atoms with Crippen molar-refractivity contribution in [1.82, 2.24) is 24.9 Å². The molecule has 7 heteroatoms. The van der Waals surface area contributed by atoms with Crippen LogP contribution in [0.2, 0.25) is 5.02 Å². The van der Waals surface area contributed by atoms with E-state index >= 15 is 0 Å². The predicted octanol–water partition coefficient (Wildman–Crippen LogP) is 1.70. The summed E-state index contributed by atoms with van der Waals surface area (Å²) in [6.07, 6.45) is 5.00. The molecule has 0 radical (unpaired) electrons. The number of halogens is 1. The summed E-state index contributed by atoms with van der Waals surface area (Å²) in [6, 6.07) is 0. The van der Waals surface area contributed by atoms with Crippen molar-refractivity contribution in [3.8, 4) is 0 Å². The highest BCUT2D eigenvalue weighted by Gasteiger charge is 2.11. The van der Waals surface area contributed by atoms with E-state index in [1.807, 2.05) is 13.8 Å². The van der Waals surface area contributed by atoms with Crippen LogP contribution < -0.4 is 5.32 Å². The van der Waals surface area contributed by atoms with E-state index in [1.54, 1.807) is 28.0 Å². The minimum absolute atomic E-state index is 0.179. The Labute approximate surface area is 116 Å². The van der Waals surface area contributed by atoms with Gasteiger partial charge in [0.15, 0.2) is 0 Å². The molecule has 0 bridgehead atoms. The summed E-state index contributed by atoms with van der Waals surface area (Å²) in [7, 11) is 0. The van der Waals surface area contributed by atoms with Crippen molar-refractivity contribution in [3.05, 3.63) is 34.9 Å². The first-order chi connectivity index (χ1) is 9.13. The van der Waals surface area contributed by atoms with Crippen LogP contribution in [0.15, 0.2) is 18.6 Å². The molecule has 0 aliphatic rings. The monoisotopic (exact) mass is 281 g/mol. The van der Waals surface area contributed by atoms with Crippen LogP contribution in [0.25, 0.3) is 0 Å². The van der Waals surface area contributed by atoms with Crippen molar-refractivity contribution in [2.75, 3.05) is 0 Å². The highest BCUT2D eigenvalue weighted by Crippen LogP contribution is 2.13. The van der Waals surface area contributed by atoms with Crippen molar-refractivity contribution >= 4 is 17.5 Å². The summed E-state index contributed by atoms with van der Waals surface area (Å²) in [4.78, 5) is 11.9. The van der Waals surface area contributed by atoms with Gasteiger partial charge in [0.05, 0.1) is 23.3 Å². The number of hydrogen-bond acceptors (Lipinski definition) is 3. The van der Waals surface area contributed by atoms with Crippen molar-refractivity contribution in [3.63, 3.8) is 0 Å². The smallest absolute Gasteiger partial charge is 0.254 e. The lowest BCUT2D eigenvalue weighted by Crippen LogP contribution is -2.23. The fraction of sp³-hybridized carbons (Fsp3) is 0.417. The lowest BCUT2D eigenvalue weighted by atomic mass is 10.3. The molecule has 0 saturated carbocycles. The summed E-state index contributed by atoms with van der Waals surface area (Å²) < 4.78 is 3.44. The standard InChI is InChI=1S/C12H16ClN5O/c1-3-17-7-9(5-15-17)12(19)14-6-11-10(13)8-18(4-2)16-11/h5,7-8H,3-4,6H2,1-2H3,(H,14,19). The second-order valence-electron chi connectivity index (χ2n) is 4.05. The van der Waals surface area contributed by atoms with Gasteiger partial charge in [-0.2, -0.15) is 10.2 Å². The van der Waals surface area contributed by atoms with E-state index in [2.05, 4.69) is 15.5 Å². The predicted molar refractivity (Wildman–Crippen MR) is 72.0 cm³/mol. The van der Waals surface area contributed by atoms with Gasteiger partial charge in [0, 0.05) is 25.5 Å². The molecule has 0 unspecified atom stereocenters. The van der Waals surface area contributed by atoms with Crippen LogP contribution in [-0.2, 0) is 19.6 Å². The van der Waals surface area contributed by atoms with Crippen LogP contribution in [0, 0.1) is 0 Å². The first-order valence-electron chi connectivity index (χ1n) is 6.16. The fourth-order valence-electron chi connectivity index (χ4n) is 1.64.